The van der Waals surface area contributed by atoms with Gasteiger partial charge in [-0.3, -0.25) is 9.59 Å². The van der Waals surface area contributed by atoms with Crippen molar-refractivity contribution >= 4 is 56.4 Å². The number of para-hydroxylation sites is 2. The molecule has 5 nitrogen and oxygen atoms in total. The first-order valence-corrected chi connectivity index (χ1v) is 9.40. The average molecular weight is 437 g/mol. The Labute approximate surface area is 166 Å². The van der Waals surface area contributed by atoms with Crippen molar-refractivity contribution in [3.05, 3.63) is 52.0 Å². The molecule has 1 aliphatic heterocycles. The highest BCUT2D eigenvalue weighted by Gasteiger charge is 2.38. The Bertz CT molecular complexity index is 856. The second kappa shape index (κ2) is 7.68. The first-order valence-electron chi connectivity index (χ1n) is 8.22. The van der Waals surface area contributed by atoms with E-state index in [9.17, 15) is 9.59 Å². The van der Waals surface area contributed by atoms with Crippen molar-refractivity contribution in [3.63, 3.8) is 0 Å². The van der Waals surface area contributed by atoms with Crippen LogP contribution in [0.15, 0.2) is 46.9 Å². The lowest BCUT2D eigenvalue weighted by molar-refractivity contribution is -0.129. The highest BCUT2D eigenvalue weighted by atomic mass is 79.9. The van der Waals surface area contributed by atoms with E-state index in [0.717, 1.165) is 15.8 Å². The number of carbonyl (C=O) groups excluding carboxylic acids is 2. The van der Waals surface area contributed by atoms with Gasteiger partial charge >= 0.3 is 0 Å². The van der Waals surface area contributed by atoms with Gasteiger partial charge in [0.2, 0.25) is 11.8 Å². The Morgan fingerprint density at radius 3 is 2.65 bits per heavy atom. The van der Waals surface area contributed by atoms with Gasteiger partial charge in [-0.25, -0.2) is 0 Å². The normalized spacial score (nSPS) is 16.7. The summed E-state index contributed by atoms with van der Waals surface area (Å²) < 4.78 is 0.833. The van der Waals surface area contributed by atoms with E-state index in [4.69, 9.17) is 11.6 Å². The minimum atomic E-state index is -0.712. The summed E-state index contributed by atoms with van der Waals surface area (Å²) >= 11 is 9.71. The summed E-state index contributed by atoms with van der Waals surface area (Å²) in [7, 11) is 3.71. The predicted molar refractivity (Wildman–Crippen MR) is 109 cm³/mol. The number of benzene rings is 2. The number of rotatable bonds is 4. The van der Waals surface area contributed by atoms with Crippen LogP contribution in [0, 0.1) is 5.92 Å². The summed E-state index contributed by atoms with van der Waals surface area (Å²) in [5, 5.41) is 3.41. The topological polar surface area (TPSA) is 52.7 Å². The Hall–Kier alpha value is -2.05. The number of halogens is 2. The van der Waals surface area contributed by atoms with Crippen LogP contribution in [-0.4, -0.2) is 32.5 Å². The van der Waals surface area contributed by atoms with Crippen LogP contribution in [0.25, 0.3) is 0 Å². The molecule has 0 unspecified atom stereocenters. The van der Waals surface area contributed by atoms with Gasteiger partial charge in [0.15, 0.2) is 0 Å². The molecule has 0 saturated carbocycles. The maximum atomic E-state index is 12.8. The van der Waals surface area contributed by atoms with Crippen molar-refractivity contribution in [2.24, 2.45) is 5.92 Å². The molecule has 1 heterocycles. The molecule has 1 aliphatic rings. The van der Waals surface area contributed by atoms with E-state index >= 15 is 0 Å². The standard InChI is InChI=1S/C19H19BrClN3O2/c1-23(2)17-14(21)7-5-8-15(17)22-18(25)12-10-11-24(19(12)26)16-9-4-3-6-13(16)20/h3-9,12H,10-11H2,1-2H3,(H,22,25)/t12-/m1/s1. The molecule has 1 saturated heterocycles. The quantitative estimate of drug-likeness (QED) is 0.732. The smallest absolute Gasteiger partial charge is 0.239 e. The molecular formula is C19H19BrClN3O2. The van der Waals surface area contributed by atoms with E-state index in [1.165, 1.54) is 0 Å². The van der Waals surface area contributed by atoms with Gasteiger partial charge in [-0.2, -0.15) is 0 Å². The van der Waals surface area contributed by atoms with Crippen LogP contribution < -0.4 is 15.1 Å². The summed E-state index contributed by atoms with van der Waals surface area (Å²) in [5.74, 6) is -1.21. The molecule has 7 heteroatoms. The Morgan fingerprint density at radius 1 is 1.23 bits per heavy atom. The van der Waals surface area contributed by atoms with E-state index in [1.54, 1.807) is 23.1 Å². The maximum absolute atomic E-state index is 12.8. The van der Waals surface area contributed by atoms with Crippen molar-refractivity contribution < 1.29 is 9.59 Å². The van der Waals surface area contributed by atoms with E-state index in [1.807, 2.05) is 43.3 Å². The number of hydrogen-bond acceptors (Lipinski definition) is 3. The molecule has 0 radical (unpaired) electrons. The van der Waals surface area contributed by atoms with E-state index < -0.39 is 5.92 Å². The van der Waals surface area contributed by atoms with Crippen LogP contribution in [0.5, 0.6) is 0 Å². The highest BCUT2D eigenvalue weighted by molar-refractivity contribution is 9.10. The molecule has 1 atom stereocenters. The zero-order valence-electron chi connectivity index (χ0n) is 14.5. The first kappa shape index (κ1) is 18.7. The molecule has 0 aromatic heterocycles. The van der Waals surface area contributed by atoms with Crippen LogP contribution in [0.4, 0.5) is 17.1 Å². The van der Waals surface area contributed by atoms with E-state index in [-0.39, 0.29) is 11.8 Å². The fourth-order valence-electron chi connectivity index (χ4n) is 3.12. The first-order chi connectivity index (χ1) is 12.4. The number of anilines is 3. The van der Waals surface area contributed by atoms with E-state index in [2.05, 4.69) is 21.2 Å². The van der Waals surface area contributed by atoms with Gasteiger partial charge in [-0.15, -0.1) is 0 Å². The number of nitrogens with one attached hydrogen (secondary N) is 1. The molecule has 0 bridgehead atoms. The zero-order valence-corrected chi connectivity index (χ0v) is 16.8. The number of amides is 2. The van der Waals surface area contributed by atoms with E-state index in [0.29, 0.717) is 23.7 Å². The molecular weight excluding hydrogens is 418 g/mol. The maximum Gasteiger partial charge on any atom is 0.239 e. The lowest BCUT2D eigenvalue weighted by atomic mass is 10.1. The molecule has 2 aromatic rings. The third-order valence-corrected chi connectivity index (χ3v) is 5.33. The minimum absolute atomic E-state index is 0.192. The van der Waals surface area contributed by atoms with Crippen LogP contribution >= 0.6 is 27.5 Å². The Kier molecular flexibility index (Phi) is 5.53. The van der Waals surface area contributed by atoms with Crippen LogP contribution in [0.3, 0.4) is 0 Å². The second-order valence-corrected chi connectivity index (χ2v) is 7.56. The van der Waals surface area contributed by atoms with Gasteiger partial charge in [0, 0.05) is 25.1 Å². The second-order valence-electron chi connectivity index (χ2n) is 6.30. The lowest BCUT2D eigenvalue weighted by Gasteiger charge is -2.21. The molecule has 26 heavy (non-hydrogen) atoms. The van der Waals surface area contributed by atoms with Crippen molar-refractivity contribution in [1.82, 2.24) is 0 Å². The number of carbonyl (C=O) groups is 2. The molecule has 136 valence electrons. The van der Waals surface area contributed by atoms with Gasteiger partial charge in [-0.1, -0.05) is 29.8 Å². The largest absolute Gasteiger partial charge is 0.375 e. The molecule has 1 fully saturated rings. The summed E-state index contributed by atoms with van der Waals surface area (Å²) in [6.07, 6.45) is 0.476. The van der Waals surface area contributed by atoms with Crippen molar-refractivity contribution in [2.75, 3.05) is 35.8 Å². The summed E-state index contributed by atoms with van der Waals surface area (Å²) in [5.41, 5.74) is 2.10. The lowest BCUT2D eigenvalue weighted by Crippen LogP contribution is -2.33. The average Bonchev–Trinajstić information content (AvgIpc) is 2.96. The van der Waals surface area contributed by atoms with Gasteiger partial charge in [-0.05, 0) is 46.6 Å². The molecule has 3 rings (SSSR count). The molecule has 0 spiro atoms. The molecule has 0 aliphatic carbocycles. The van der Waals surface area contributed by atoms with Gasteiger partial charge in [0.25, 0.3) is 0 Å². The third-order valence-electron chi connectivity index (χ3n) is 4.36. The summed E-state index contributed by atoms with van der Waals surface area (Å²) in [4.78, 5) is 29.0. The number of nitrogens with zero attached hydrogens (tertiary/aromatic N) is 2. The minimum Gasteiger partial charge on any atom is -0.375 e. The van der Waals surface area contributed by atoms with Crippen LogP contribution in [-0.2, 0) is 9.59 Å². The van der Waals surface area contributed by atoms with Crippen LogP contribution in [0.2, 0.25) is 5.02 Å². The van der Waals surface area contributed by atoms with Gasteiger partial charge in [0.1, 0.15) is 5.92 Å². The van der Waals surface area contributed by atoms with Crippen molar-refractivity contribution in [1.29, 1.82) is 0 Å². The Morgan fingerprint density at radius 2 is 1.96 bits per heavy atom. The third kappa shape index (κ3) is 3.57. The fourth-order valence-corrected chi connectivity index (χ4v) is 3.97. The fraction of sp³-hybridized carbons (Fsp3) is 0.263. The summed E-state index contributed by atoms with van der Waals surface area (Å²) in [6.45, 7) is 0.510. The highest BCUT2D eigenvalue weighted by Crippen LogP contribution is 2.35. The van der Waals surface area contributed by atoms with Crippen molar-refractivity contribution in [3.8, 4) is 0 Å². The zero-order chi connectivity index (χ0) is 18.8. The molecule has 2 amide bonds. The van der Waals surface area contributed by atoms with Gasteiger partial charge in [0.05, 0.1) is 22.1 Å². The monoisotopic (exact) mass is 435 g/mol. The SMILES string of the molecule is CN(C)c1c(Cl)cccc1NC(=O)[C@H]1CCN(c2ccccc2Br)C1=O. The molecule has 1 N–H and O–H groups in total. The Balaban J connectivity index is 1.79. The van der Waals surface area contributed by atoms with Crippen molar-refractivity contribution in [2.45, 2.75) is 6.42 Å². The van der Waals surface area contributed by atoms with Crippen LogP contribution in [0.1, 0.15) is 6.42 Å². The molecule has 2 aromatic carbocycles. The van der Waals surface area contributed by atoms with Gasteiger partial charge < -0.3 is 15.1 Å². The predicted octanol–water partition coefficient (Wildman–Crippen LogP) is 4.16. The summed E-state index contributed by atoms with van der Waals surface area (Å²) in [6, 6.07) is 12.8. The number of hydrogen-bond donors (Lipinski definition) is 1.